The van der Waals surface area contributed by atoms with E-state index in [2.05, 4.69) is 25.2 Å². The number of sulfone groups is 1. The van der Waals surface area contributed by atoms with Gasteiger partial charge < -0.3 is 18.7 Å². The summed E-state index contributed by atoms with van der Waals surface area (Å²) in [5, 5.41) is 8.13. The van der Waals surface area contributed by atoms with Crippen molar-refractivity contribution in [3.63, 3.8) is 0 Å². The van der Waals surface area contributed by atoms with Gasteiger partial charge in [0.05, 0.1) is 11.0 Å². The minimum atomic E-state index is -3.28. The quantitative estimate of drug-likeness (QED) is 0.499. The smallest absolute Gasteiger partial charge is 0.266 e. The first-order chi connectivity index (χ1) is 15.6. The minimum absolute atomic E-state index is 0.0550. The van der Waals surface area contributed by atoms with Gasteiger partial charge in [-0.25, -0.2) is 8.42 Å². The van der Waals surface area contributed by atoms with Gasteiger partial charge in [-0.2, -0.15) is 9.97 Å². The molecule has 0 radical (unpaired) electrons. The molecule has 0 unspecified atom stereocenters. The third kappa shape index (κ3) is 5.25. The Balaban J connectivity index is 1.35. The van der Waals surface area contributed by atoms with Crippen molar-refractivity contribution in [3.05, 3.63) is 35.5 Å². The molecule has 0 amide bonds. The van der Waals surface area contributed by atoms with Crippen molar-refractivity contribution >= 4 is 15.8 Å². The Labute approximate surface area is 193 Å². The van der Waals surface area contributed by atoms with Crippen molar-refractivity contribution in [2.45, 2.75) is 63.6 Å². The summed E-state index contributed by atoms with van der Waals surface area (Å²) in [5.41, 5.74) is 1.33. The molecule has 0 bridgehead atoms. The first-order valence-electron chi connectivity index (χ1n) is 11.0. The van der Waals surface area contributed by atoms with Crippen LogP contribution in [0.25, 0.3) is 11.4 Å². The summed E-state index contributed by atoms with van der Waals surface area (Å²) < 4.78 is 40.6. The second-order valence-corrected chi connectivity index (χ2v) is 10.7. The molecule has 0 N–H and O–H groups in total. The Morgan fingerprint density at radius 3 is 2.36 bits per heavy atom. The molecule has 10 nitrogen and oxygen atoms in total. The Kier molecular flexibility index (Phi) is 6.53. The van der Waals surface area contributed by atoms with E-state index in [1.807, 2.05) is 20.8 Å². The predicted molar refractivity (Wildman–Crippen MR) is 121 cm³/mol. The van der Waals surface area contributed by atoms with Crippen LogP contribution >= 0.6 is 0 Å². The van der Waals surface area contributed by atoms with Gasteiger partial charge in [0.25, 0.3) is 11.8 Å². The molecule has 1 aliphatic heterocycles. The van der Waals surface area contributed by atoms with Crippen LogP contribution in [0, 0.1) is 6.92 Å². The lowest BCUT2D eigenvalue weighted by molar-refractivity contribution is -0.0300. The van der Waals surface area contributed by atoms with Crippen molar-refractivity contribution in [3.8, 4) is 11.4 Å². The molecule has 0 saturated carbocycles. The maximum Gasteiger partial charge on any atom is 0.266 e. The second-order valence-electron chi connectivity index (χ2n) is 8.76. The summed E-state index contributed by atoms with van der Waals surface area (Å²) in [4.78, 5) is 11.3. The van der Waals surface area contributed by atoms with Gasteiger partial charge in [0.2, 0.25) is 11.7 Å². The number of ether oxygens (including phenoxy) is 1. The fourth-order valence-corrected chi connectivity index (χ4v) is 4.81. The molecule has 1 aromatic carbocycles. The molecule has 0 aliphatic carbocycles. The molecule has 3 heterocycles. The summed E-state index contributed by atoms with van der Waals surface area (Å²) in [5.74, 6) is 2.26. The van der Waals surface area contributed by atoms with Gasteiger partial charge in [-0.05, 0) is 55.6 Å². The van der Waals surface area contributed by atoms with E-state index >= 15 is 0 Å². The van der Waals surface area contributed by atoms with Crippen LogP contribution in [0.4, 0.5) is 5.95 Å². The maximum atomic E-state index is 11.8. The lowest BCUT2D eigenvalue weighted by atomic mass is 10.1. The highest BCUT2D eigenvalue weighted by Gasteiger charge is 2.27. The Morgan fingerprint density at radius 1 is 1.06 bits per heavy atom. The van der Waals surface area contributed by atoms with E-state index in [4.69, 9.17) is 13.8 Å². The molecule has 11 heteroatoms. The lowest BCUT2D eigenvalue weighted by Crippen LogP contribution is -2.38. The van der Waals surface area contributed by atoms with Gasteiger partial charge in [-0.1, -0.05) is 19.0 Å². The van der Waals surface area contributed by atoms with Crippen molar-refractivity contribution in [1.82, 2.24) is 20.3 Å². The van der Waals surface area contributed by atoms with Gasteiger partial charge >= 0.3 is 0 Å². The van der Waals surface area contributed by atoms with Gasteiger partial charge in [0, 0.05) is 30.8 Å². The second kappa shape index (κ2) is 9.22. The molecule has 33 heavy (non-hydrogen) atoms. The first-order valence-corrected chi connectivity index (χ1v) is 12.9. The highest BCUT2D eigenvalue weighted by molar-refractivity contribution is 7.90. The predicted octanol–water partition coefficient (Wildman–Crippen LogP) is 3.70. The number of hydrogen-bond acceptors (Lipinski definition) is 10. The highest BCUT2D eigenvalue weighted by atomic mass is 32.2. The normalized spacial score (nSPS) is 16.5. The Morgan fingerprint density at radius 2 is 1.76 bits per heavy atom. The summed E-state index contributed by atoms with van der Waals surface area (Å²) in [6, 6.07) is 4.99. The molecule has 3 aromatic rings. The summed E-state index contributed by atoms with van der Waals surface area (Å²) in [6.45, 7) is 9.22. The first kappa shape index (κ1) is 23.4. The van der Waals surface area contributed by atoms with E-state index in [0.29, 0.717) is 39.6 Å². The number of rotatable bonds is 7. The van der Waals surface area contributed by atoms with Crippen LogP contribution in [0.2, 0.25) is 0 Å². The molecular formula is C22H29N5O5S. The molecule has 178 valence electrons. The van der Waals surface area contributed by atoms with Crippen molar-refractivity contribution < 1.29 is 22.2 Å². The summed E-state index contributed by atoms with van der Waals surface area (Å²) >= 11 is 0. The van der Waals surface area contributed by atoms with E-state index < -0.39 is 9.84 Å². The number of aryl methyl sites for hydroxylation is 1. The summed E-state index contributed by atoms with van der Waals surface area (Å²) in [7, 11) is -3.28. The van der Waals surface area contributed by atoms with Crippen molar-refractivity contribution in [2.24, 2.45) is 0 Å². The fraction of sp³-hybridized carbons (Fsp3) is 0.545. The number of nitrogens with zero attached hydrogens (tertiary/aromatic N) is 5. The van der Waals surface area contributed by atoms with Gasteiger partial charge in [0.1, 0.15) is 6.10 Å². The van der Waals surface area contributed by atoms with Gasteiger partial charge in [-0.15, -0.1) is 0 Å². The van der Waals surface area contributed by atoms with Crippen LogP contribution < -0.4 is 4.90 Å². The molecule has 1 atom stereocenters. The molecule has 1 fully saturated rings. The zero-order valence-corrected chi connectivity index (χ0v) is 20.3. The Hall–Kier alpha value is -2.79. The van der Waals surface area contributed by atoms with Crippen LogP contribution in [0.3, 0.4) is 0 Å². The van der Waals surface area contributed by atoms with E-state index in [9.17, 15) is 8.42 Å². The number of piperidine rings is 1. The number of anilines is 1. The fourth-order valence-electron chi connectivity index (χ4n) is 3.85. The van der Waals surface area contributed by atoms with Crippen molar-refractivity contribution in [1.29, 1.82) is 0 Å². The zero-order chi connectivity index (χ0) is 23.8. The monoisotopic (exact) mass is 475 g/mol. The third-order valence-corrected chi connectivity index (χ3v) is 6.93. The average Bonchev–Trinajstić information content (AvgIpc) is 3.44. The number of benzene rings is 1. The molecule has 0 spiro atoms. The third-order valence-electron chi connectivity index (χ3n) is 5.67. The molecule has 4 rings (SSSR count). The van der Waals surface area contributed by atoms with Crippen LogP contribution in [0.5, 0.6) is 0 Å². The van der Waals surface area contributed by atoms with Gasteiger partial charge in [-0.3, -0.25) is 0 Å². The van der Waals surface area contributed by atoms with Crippen LogP contribution in [-0.2, 0) is 14.6 Å². The standard InChI is InChI=1S/C22H29N5O5S/c1-13(2)20-24-22(26-31-20)27-10-8-17(9-11-27)30-15(4)21-23-19(25-32-21)16-6-7-18(14(3)12-16)33(5,28)29/h6-7,12-13,15,17H,8-11H2,1-5H3/t15-/m1/s1. The largest absolute Gasteiger partial charge is 0.365 e. The SMILES string of the molecule is Cc1cc(-c2noc([C@@H](C)OC3CCN(c4noc(C(C)C)n4)CC3)n2)ccc1S(C)(=O)=O. The minimum Gasteiger partial charge on any atom is -0.365 e. The van der Waals surface area contributed by atoms with Crippen LogP contribution in [0.15, 0.2) is 32.1 Å². The van der Waals surface area contributed by atoms with E-state index in [1.54, 1.807) is 25.1 Å². The lowest BCUT2D eigenvalue weighted by Gasteiger charge is -2.31. The molecule has 1 aliphatic rings. The van der Waals surface area contributed by atoms with E-state index in [0.717, 1.165) is 25.9 Å². The molecule has 1 saturated heterocycles. The maximum absolute atomic E-state index is 11.8. The van der Waals surface area contributed by atoms with E-state index in [1.165, 1.54) is 6.26 Å². The summed E-state index contributed by atoms with van der Waals surface area (Å²) in [6.07, 6.45) is 2.53. The molecular weight excluding hydrogens is 446 g/mol. The van der Waals surface area contributed by atoms with Crippen LogP contribution in [-0.4, -0.2) is 54.1 Å². The van der Waals surface area contributed by atoms with Crippen molar-refractivity contribution in [2.75, 3.05) is 24.2 Å². The number of aromatic nitrogens is 4. The Bertz CT molecular complexity index is 1210. The van der Waals surface area contributed by atoms with Crippen LogP contribution in [0.1, 0.15) is 63.0 Å². The average molecular weight is 476 g/mol. The van der Waals surface area contributed by atoms with E-state index in [-0.39, 0.29) is 18.1 Å². The number of hydrogen-bond donors (Lipinski definition) is 0. The van der Waals surface area contributed by atoms with Gasteiger partial charge in [0.15, 0.2) is 9.84 Å². The zero-order valence-electron chi connectivity index (χ0n) is 19.5. The molecule has 2 aromatic heterocycles. The topological polar surface area (TPSA) is 124 Å². The highest BCUT2D eigenvalue weighted by Crippen LogP contribution is 2.27.